The van der Waals surface area contributed by atoms with Crippen LogP contribution in [0, 0.1) is 5.92 Å². The molecule has 118 valence electrons. The number of carbonyl (C=O) groups is 1. The quantitative estimate of drug-likeness (QED) is 0.787. The Morgan fingerprint density at radius 1 is 1.30 bits per heavy atom. The van der Waals surface area contributed by atoms with Gasteiger partial charge in [-0.2, -0.15) is 0 Å². The molecular weight excluding hydrogens is 252 g/mol. The first-order valence-electron chi connectivity index (χ1n) is 8.22. The highest BCUT2D eigenvalue weighted by molar-refractivity contribution is 5.68. The topological polar surface area (TPSA) is 54.9 Å². The van der Waals surface area contributed by atoms with Crippen molar-refractivity contribution >= 4 is 6.09 Å². The molecule has 0 aliphatic heterocycles. The Labute approximate surface area is 124 Å². The zero-order valence-corrected chi connectivity index (χ0v) is 13.7. The Bertz CT molecular complexity index is 281. The van der Waals surface area contributed by atoms with Crippen LogP contribution in [0.25, 0.3) is 0 Å². The summed E-state index contributed by atoms with van der Waals surface area (Å²) in [6, 6.07) is 0.230. The minimum atomic E-state index is -0.423. The lowest BCUT2D eigenvalue weighted by Crippen LogP contribution is -2.86. The van der Waals surface area contributed by atoms with E-state index in [4.69, 9.17) is 4.74 Å². The number of nitrogens with one attached hydrogen (secondary N) is 1. The van der Waals surface area contributed by atoms with Crippen molar-refractivity contribution in [3.63, 3.8) is 0 Å². The van der Waals surface area contributed by atoms with E-state index >= 15 is 0 Å². The molecule has 1 atom stereocenters. The van der Waals surface area contributed by atoms with Crippen molar-refractivity contribution in [3.8, 4) is 0 Å². The molecule has 20 heavy (non-hydrogen) atoms. The first-order valence-corrected chi connectivity index (χ1v) is 8.22. The molecule has 3 N–H and O–H groups in total. The summed E-state index contributed by atoms with van der Waals surface area (Å²) in [4.78, 5) is 11.9. The Kier molecular flexibility index (Phi) is 7.35. The van der Waals surface area contributed by atoms with E-state index in [2.05, 4.69) is 17.6 Å². The molecule has 0 bridgehead atoms. The van der Waals surface area contributed by atoms with Gasteiger partial charge in [0.15, 0.2) is 0 Å². The first-order chi connectivity index (χ1) is 9.40. The Morgan fingerprint density at radius 3 is 2.50 bits per heavy atom. The summed E-state index contributed by atoms with van der Waals surface area (Å²) in [6.07, 6.45) is 7.53. The number of hydrogen-bond acceptors (Lipinski definition) is 2. The Balaban J connectivity index is 2.43. The SMILES string of the molecule is CC[NH2+]C[C@H](CC1CCCCC1)NC(=O)OC(C)(C)C. The molecule has 4 heteroatoms. The van der Waals surface area contributed by atoms with E-state index in [-0.39, 0.29) is 12.1 Å². The van der Waals surface area contributed by atoms with Gasteiger partial charge in [0.05, 0.1) is 19.1 Å². The van der Waals surface area contributed by atoms with Crippen molar-refractivity contribution in [3.05, 3.63) is 0 Å². The number of alkyl carbamates (subject to hydrolysis) is 1. The molecule has 0 saturated heterocycles. The predicted octanol–water partition coefficient (Wildman–Crippen LogP) is 2.43. The Hall–Kier alpha value is -0.770. The van der Waals surface area contributed by atoms with Gasteiger partial charge >= 0.3 is 6.09 Å². The van der Waals surface area contributed by atoms with Gasteiger partial charge < -0.3 is 15.4 Å². The van der Waals surface area contributed by atoms with Crippen LogP contribution >= 0.6 is 0 Å². The highest BCUT2D eigenvalue weighted by Crippen LogP contribution is 2.27. The molecule has 0 radical (unpaired) electrons. The van der Waals surface area contributed by atoms with Gasteiger partial charge in [-0.1, -0.05) is 32.1 Å². The van der Waals surface area contributed by atoms with Gasteiger partial charge in [0.2, 0.25) is 0 Å². The second-order valence-corrected chi connectivity index (χ2v) is 7.02. The lowest BCUT2D eigenvalue weighted by molar-refractivity contribution is -0.654. The molecule has 0 unspecified atom stereocenters. The first kappa shape index (κ1) is 17.3. The summed E-state index contributed by atoms with van der Waals surface area (Å²) in [5.41, 5.74) is -0.423. The van der Waals surface area contributed by atoms with Gasteiger partial charge in [0, 0.05) is 0 Å². The zero-order valence-electron chi connectivity index (χ0n) is 13.7. The zero-order chi connectivity index (χ0) is 15.0. The fourth-order valence-corrected chi connectivity index (χ4v) is 2.88. The van der Waals surface area contributed by atoms with Crippen LogP contribution in [0.5, 0.6) is 0 Å². The molecule has 4 nitrogen and oxygen atoms in total. The van der Waals surface area contributed by atoms with Crippen molar-refractivity contribution in [2.45, 2.75) is 77.9 Å². The van der Waals surface area contributed by atoms with Crippen LogP contribution < -0.4 is 10.6 Å². The van der Waals surface area contributed by atoms with Gasteiger partial charge in [-0.25, -0.2) is 4.79 Å². The van der Waals surface area contributed by atoms with E-state index < -0.39 is 5.60 Å². The standard InChI is InChI=1S/C16H32N2O2/c1-5-17-12-14(11-13-9-7-6-8-10-13)18-15(19)20-16(2,3)4/h13-14,17H,5-12H2,1-4H3,(H,18,19)/p+1/t14-/m0/s1. The highest BCUT2D eigenvalue weighted by atomic mass is 16.6. The number of carbonyl (C=O) groups excluding carboxylic acids is 1. The van der Waals surface area contributed by atoms with Crippen molar-refractivity contribution in [1.82, 2.24) is 5.32 Å². The van der Waals surface area contributed by atoms with Crippen LogP contribution in [0.4, 0.5) is 4.79 Å². The average Bonchev–Trinajstić information content (AvgIpc) is 2.35. The molecule has 1 fully saturated rings. The monoisotopic (exact) mass is 285 g/mol. The van der Waals surface area contributed by atoms with E-state index in [1.807, 2.05) is 20.8 Å². The third-order valence-corrected chi connectivity index (χ3v) is 3.80. The number of ether oxygens (including phenoxy) is 1. The van der Waals surface area contributed by atoms with Gasteiger partial charge in [-0.15, -0.1) is 0 Å². The molecule has 0 aromatic carbocycles. The van der Waals surface area contributed by atoms with E-state index in [1.165, 1.54) is 32.1 Å². The molecule has 1 aliphatic rings. The second-order valence-electron chi connectivity index (χ2n) is 7.02. The molecule has 1 amide bonds. The normalized spacial score (nSPS) is 18.6. The Morgan fingerprint density at radius 2 is 1.95 bits per heavy atom. The molecular formula is C16H33N2O2+. The van der Waals surface area contributed by atoms with Gasteiger partial charge in [-0.05, 0) is 40.0 Å². The third kappa shape index (κ3) is 7.73. The number of likely N-dealkylation sites (N-methyl/N-ethyl adjacent to an activating group) is 1. The van der Waals surface area contributed by atoms with Crippen LogP contribution in [0.3, 0.4) is 0 Å². The largest absolute Gasteiger partial charge is 0.444 e. The number of quaternary nitrogens is 1. The predicted molar refractivity (Wildman–Crippen MR) is 81.7 cm³/mol. The number of amides is 1. The molecule has 0 heterocycles. The van der Waals surface area contributed by atoms with Crippen LogP contribution in [-0.4, -0.2) is 30.8 Å². The minimum Gasteiger partial charge on any atom is -0.444 e. The summed E-state index contributed by atoms with van der Waals surface area (Å²) >= 11 is 0. The minimum absolute atomic E-state index is 0.230. The summed E-state index contributed by atoms with van der Waals surface area (Å²) < 4.78 is 5.37. The van der Waals surface area contributed by atoms with Crippen LogP contribution in [-0.2, 0) is 4.74 Å². The summed E-state index contributed by atoms with van der Waals surface area (Å²) in [5.74, 6) is 0.772. The molecule has 1 aliphatic carbocycles. The number of rotatable bonds is 6. The van der Waals surface area contributed by atoms with Crippen LogP contribution in [0.15, 0.2) is 0 Å². The fraction of sp³-hybridized carbons (Fsp3) is 0.938. The average molecular weight is 285 g/mol. The third-order valence-electron chi connectivity index (χ3n) is 3.80. The van der Waals surface area contributed by atoms with Crippen LogP contribution in [0.1, 0.15) is 66.2 Å². The lowest BCUT2D eigenvalue weighted by Gasteiger charge is -2.27. The summed E-state index contributed by atoms with van der Waals surface area (Å²) in [5, 5.41) is 5.32. The molecule has 0 spiro atoms. The number of hydrogen-bond donors (Lipinski definition) is 2. The maximum Gasteiger partial charge on any atom is 0.408 e. The van der Waals surface area contributed by atoms with Crippen LogP contribution in [0.2, 0.25) is 0 Å². The number of nitrogens with two attached hydrogens (primary N) is 1. The molecule has 0 aromatic heterocycles. The summed E-state index contributed by atoms with van der Waals surface area (Å²) in [6.45, 7) is 9.86. The molecule has 1 saturated carbocycles. The second kappa shape index (κ2) is 8.50. The van der Waals surface area contributed by atoms with E-state index in [0.29, 0.717) is 0 Å². The van der Waals surface area contributed by atoms with E-state index in [0.717, 1.165) is 25.4 Å². The van der Waals surface area contributed by atoms with Crippen molar-refractivity contribution in [2.24, 2.45) is 5.92 Å². The van der Waals surface area contributed by atoms with Gasteiger partial charge in [-0.3, -0.25) is 0 Å². The van der Waals surface area contributed by atoms with Crippen molar-refractivity contribution < 1.29 is 14.8 Å². The van der Waals surface area contributed by atoms with Crippen molar-refractivity contribution in [1.29, 1.82) is 0 Å². The smallest absolute Gasteiger partial charge is 0.408 e. The maximum absolute atomic E-state index is 11.9. The van der Waals surface area contributed by atoms with E-state index in [1.54, 1.807) is 0 Å². The fourth-order valence-electron chi connectivity index (χ4n) is 2.88. The molecule has 0 aromatic rings. The lowest BCUT2D eigenvalue weighted by atomic mass is 9.85. The van der Waals surface area contributed by atoms with Gasteiger partial charge in [0.25, 0.3) is 0 Å². The molecule has 1 rings (SSSR count). The van der Waals surface area contributed by atoms with Gasteiger partial charge in [0.1, 0.15) is 5.60 Å². The van der Waals surface area contributed by atoms with Crippen molar-refractivity contribution in [2.75, 3.05) is 13.1 Å². The highest BCUT2D eigenvalue weighted by Gasteiger charge is 2.24. The maximum atomic E-state index is 11.9. The van der Waals surface area contributed by atoms with E-state index in [9.17, 15) is 4.79 Å². The summed E-state index contributed by atoms with van der Waals surface area (Å²) in [7, 11) is 0.